The number of thiol groups is 1. The second-order valence-corrected chi connectivity index (χ2v) is 1.48. The molecule has 0 aliphatic rings. The fourth-order valence-corrected chi connectivity index (χ4v) is 0.310. The van der Waals surface area contributed by atoms with E-state index in [-0.39, 0.29) is 11.7 Å². The van der Waals surface area contributed by atoms with Crippen LogP contribution in [0, 0.1) is 0 Å². The molecule has 0 amide bonds. The highest BCUT2D eigenvalue weighted by Crippen LogP contribution is 1.78. The zero-order valence-electron chi connectivity index (χ0n) is 4.46. The SMILES string of the molecule is NCCOC(=O)CS. The van der Waals surface area contributed by atoms with Gasteiger partial charge in [-0.2, -0.15) is 12.6 Å². The van der Waals surface area contributed by atoms with Gasteiger partial charge in [-0.3, -0.25) is 4.79 Å². The van der Waals surface area contributed by atoms with Crippen LogP contribution in [0.25, 0.3) is 0 Å². The van der Waals surface area contributed by atoms with Gasteiger partial charge in [-0.25, -0.2) is 0 Å². The summed E-state index contributed by atoms with van der Waals surface area (Å²) in [5.74, 6) is -0.196. The molecule has 0 heterocycles. The van der Waals surface area contributed by atoms with Gasteiger partial charge in [0.25, 0.3) is 0 Å². The molecule has 0 unspecified atom stereocenters. The first kappa shape index (κ1) is 7.78. The lowest BCUT2D eigenvalue weighted by Gasteiger charge is -1.96. The molecule has 2 N–H and O–H groups in total. The molecule has 0 saturated carbocycles. The van der Waals surface area contributed by atoms with Crippen LogP contribution in [-0.2, 0) is 9.53 Å². The second kappa shape index (κ2) is 4.93. The average molecular weight is 135 g/mol. The monoisotopic (exact) mass is 135 g/mol. The molecule has 0 bridgehead atoms. The first-order chi connectivity index (χ1) is 3.81. The minimum absolute atomic E-state index is 0.125. The van der Waals surface area contributed by atoms with Crippen molar-refractivity contribution in [1.82, 2.24) is 0 Å². The minimum atomic E-state index is -0.321. The van der Waals surface area contributed by atoms with Crippen molar-refractivity contribution in [3.63, 3.8) is 0 Å². The largest absolute Gasteiger partial charge is 0.464 e. The molecule has 0 aromatic rings. The molecule has 0 aliphatic heterocycles. The van der Waals surface area contributed by atoms with E-state index < -0.39 is 0 Å². The van der Waals surface area contributed by atoms with Crippen LogP contribution in [-0.4, -0.2) is 24.9 Å². The van der Waals surface area contributed by atoms with Crippen molar-refractivity contribution in [3.8, 4) is 0 Å². The highest BCUT2D eigenvalue weighted by Gasteiger charge is 1.94. The maximum atomic E-state index is 10.2. The van der Waals surface area contributed by atoms with Gasteiger partial charge in [0.2, 0.25) is 0 Å². The van der Waals surface area contributed by atoms with Crippen LogP contribution in [0.4, 0.5) is 0 Å². The number of esters is 1. The molecule has 48 valence electrons. The summed E-state index contributed by atoms with van der Waals surface area (Å²) in [5, 5.41) is 0. The maximum absolute atomic E-state index is 10.2. The Morgan fingerprint density at radius 1 is 1.75 bits per heavy atom. The molecule has 0 spiro atoms. The normalized spacial score (nSPS) is 8.75. The molecular weight excluding hydrogens is 126 g/mol. The van der Waals surface area contributed by atoms with Crippen LogP contribution in [0.1, 0.15) is 0 Å². The Morgan fingerprint density at radius 2 is 2.38 bits per heavy atom. The van der Waals surface area contributed by atoms with E-state index in [1.165, 1.54) is 0 Å². The van der Waals surface area contributed by atoms with Gasteiger partial charge >= 0.3 is 5.97 Å². The highest BCUT2D eigenvalue weighted by molar-refractivity contribution is 7.81. The number of rotatable bonds is 3. The smallest absolute Gasteiger partial charge is 0.315 e. The Labute approximate surface area is 53.6 Å². The first-order valence-electron chi connectivity index (χ1n) is 2.27. The van der Waals surface area contributed by atoms with Gasteiger partial charge in [0, 0.05) is 6.54 Å². The third-order valence-electron chi connectivity index (χ3n) is 0.510. The lowest BCUT2D eigenvalue weighted by atomic mass is 10.7. The Bertz CT molecular complexity index is 76.4. The molecule has 0 aliphatic carbocycles. The number of hydrogen-bond acceptors (Lipinski definition) is 4. The van der Waals surface area contributed by atoms with Crippen molar-refractivity contribution < 1.29 is 9.53 Å². The quantitative estimate of drug-likeness (QED) is 0.402. The van der Waals surface area contributed by atoms with E-state index in [1.54, 1.807) is 0 Å². The molecule has 3 nitrogen and oxygen atoms in total. The summed E-state index contributed by atoms with van der Waals surface area (Å²) in [6.45, 7) is 0.666. The summed E-state index contributed by atoms with van der Waals surface area (Å²) in [6.07, 6.45) is 0. The van der Waals surface area contributed by atoms with Crippen molar-refractivity contribution >= 4 is 18.6 Å². The summed E-state index contributed by atoms with van der Waals surface area (Å²) in [6, 6.07) is 0. The molecule has 0 aromatic carbocycles. The minimum Gasteiger partial charge on any atom is -0.464 e. The lowest BCUT2D eigenvalue weighted by molar-refractivity contribution is -0.140. The predicted molar refractivity (Wildman–Crippen MR) is 33.9 cm³/mol. The zero-order valence-corrected chi connectivity index (χ0v) is 5.36. The van der Waals surface area contributed by atoms with E-state index in [2.05, 4.69) is 17.4 Å². The van der Waals surface area contributed by atoms with Gasteiger partial charge in [-0.1, -0.05) is 0 Å². The molecule has 0 radical (unpaired) electrons. The van der Waals surface area contributed by atoms with Crippen molar-refractivity contribution in [2.45, 2.75) is 0 Å². The molecule has 0 rings (SSSR count). The first-order valence-corrected chi connectivity index (χ1v) is 2.91. The van der Waals surface area contributed by atoms with Gasteiger partial charge < -0.3 is 10.5 Å². The lowest BCUT2D eigenvalue weighted by Crippen LogP contribution is -2.13. The molecule has 0 atom stereocenters. The summed E-state index contributed by atoms with van der Waals surface area (Å²) in [5.41, 5.74) is 5.03. The van der Waals surface area contributed by atoms with Gasteiger partial charge in [0.05, 0.1) is 5.75 Å². The molecule has 8 heavy (non-hydrogen) atoms. The predicted octanol–water partition coefficient (Wildman–Crippen LogP) is -0.582. The van der Waals surface area contributed by atoms with Crippen LogP contribution in [0.3, 0.4) is 0 Å². The van der Waals surface area contributed by atoms with Gasteiger partial charge in [-0.05, 0) is 0 Å². The van der Waals surface area contributed by atoms with E-state index in [0.29, 0.717) is 13.2 Å². The Balaban J connectivity index is 2.99. The molecule has 0 aromatic heterocycles. The second-order valence-electron chi connectivity index (χ2n) is 1.17. The van der Waals surface area contributed by atoms with Crippen LogP contribution < -0.4 is 5.73 Å². The number of hydrogen-bond donors (Lipinski definition) is 2. The number of carbonyl (C=O) groups excluding carboxylic acids is 1. The third kappa shape index (κ3) is 3.95. The fourth-order valence-electron chi connectivity index (χ4n) is 0.218. The highest BCUT2D eigenvalue weighted by atomic mass is 32.1. The molecular formula is C4H9NO2S. The molecule has 4 heteroatoms. The summed E-state index contributed by atoms with van der Waals surface area (Å²) in [7, 11) is 0. The van der Waals surface area contributed by atoms with Crippen LogP contribution in [0.5, 0.6) is 0 Å². The van der Waals surface area contributed by atoms with Crippen molar-refractivity contribution in [3.05, 3.63) is 0 Å². The van der Waals surface area contributed by atoms with Gasteiger partial charge in [-0.15, -0.1) is 0 Å². The van der Waals surface area contributed by atoms with E-state index in [1.807, 2.05) is 0 Å². The zero-order chi connectivity index (χ0) is 6.41. The Hall–Kier alpha value is -0.220. The Kier molecular flexibility index (Phi) is 4.79. The average Bonchev–Trinajstić information content (AvgIpc) is 1.83. The standard InChI is InChI=1S/C4H9NO2S/c5-1-2-7-4(6)3-8/h8H,1-3,5H2. The van der Waals surface area contributed by atoms with Crippen molar-refractivity contribution in [2.75, 3.05) is 18.9 Å². The number of nitrogens with two attached hydrogens (primary N) is 1. The summed E-state index contributed by atoms with van der Waals surface area (Å²) in [4.78, 5) is 10.2. The van der Waals surface area contributed by atoms with E-state index >= 15 is 0 Å². The number of carbonyl (C=O) groups is 1. The van der Waals surface area contributed by atoms with E-state index in [0.717, 1.165) is 0 Å². The van der Waals surface area contributed by atoms with Crippen molar-refractivity contribution in [1.29, 1.82) is 0 Å². The van der Waals surface area contributed by atoms with Crippen molar-refractivity contribution in [2.24, 2.45) is 5.73 Å². The summed E-state index contributed by atoms with van der Waals surface area (Å²) < 4.78 is 4.50. The van der Waals surface area contributed by atoms with Gasteiger partial charge in [0.15, 0.2) is 0 Å². The topological polar surface area (TPSA) is 52.3 Å². The van der Waals surface area contributed by atoms with Crippen LogP contribution >= 0.6 is 12.6 Å². The maximum Gasteiger partial charge on any atom is 0.315 e. The fraction of sp³-hybridized carbons (Fsp3) is 0.750. The molecule has 0 saturated heterocycles. The third-order valence-corrected chi connectivity index (χ3v) is 0.768. The Morgan fingerprint density at radius 3 is 2.75 bits per heavy atom. The van der Waals surface area contributed by atoms with E-state index in [4.69, 9.17) is 5.73 Å². The van der Waals surface area contributed by atoms with Gasteiger partial charge in [0.1, 0.15) is 6.61 Å². The van der Waals surface area contributed by atoms with Crippen LogP contribution in [0.2, 0.25) is 0 Å². The van der Waals surface area contributed by atoms with E-state index in [9.17, 15) is 4.79 Å². The number of ether oxygens (including phenoxy) is 1. The van der Waals surface area contributed by atoms with Crippen LogP contribution in [0.15, 0.2) is 0 Å². The molecule has 0 fully saturated rings. The summed E-state index contributed by atoms with van der Waals surface area (Å²) >= 11 is 3.67.